The predicted octanol–water partition coefficient (Wildman–Crippen LogP) is 1.12. The van der Waals surface area contributed by atoms with Gasteiger partial charge in [-0.1, -0.05) is 23.7 Å². The molecule has 0 atom stereocenters. The van der Waals surface area contributed by atoms with Crippen molar-refractivity contribution < 1.29 is 19.8 Å². The van der Waals surface area contributed by atoms with Gasteiger partial charge in [0.25, 0.3) is 0 Å². The van der Waals surface area contributed by atoms with Crippen molar-refractivity contribution in [2.24, 2.45) is 5.41 Å². The zero-order valence-electron chi connectivity index (χ0n) is 14.7. The van der Waals surface area contributed by atoms with E-state index in [1.165, 1.54) is 4.90 Å². The van der Waals surface area contributed by atoms with E-state index in [9.17, 15) is 14.7 Å². The van der Waals surface area contributed by atoms with E-state index in [2.05, 4.69) is 5.32 Å². The van der Waals surface area contributed by atoms with Crippen molar-refractivity contribution in [2.75, 3.05) is 19.7 Å². The average molecular weight is 381 g/mol. The molecule has 0 aromatic heterocycles. The second-order valence-electron chi connectivity index (χ2n) is 7.47. The summed E-state index contributed by atoms with van der Waals surface area (Å²) in [5.41, 5.74) is 0.300. The first kappa shape index (κ1) is 19.1. The molecule has 0 spiro atoms. The average Bonchev–Trinajstić information content (AvgIpc) is 2.60. The minimum absolute atomic E-state index is 0.0594. The minimum atomic E-state index is -0.686. The molecule has 7 heteroatoms. The Morgan fingerprint density at radius 2 is 1.77 bits per heavy atom. The Morgan fingerprint density at radius 3 is 2.35 bits per heavy atom. The van der Waals surface area contributed by atoms with Crippen LogP contribution in [0, 0.1) is 5.41 Å². The lowest BCUT2D eigenvalue weighted by molar-refractivity contribution is -0.156. The van der Waals surface area contributed by atoms with Crippen molar-refractivity contribution in [3.8, 4) is 0 Å². The number of benzene rings is 1. The van der Waals surface area contributed by atoms with Crippen molar-refractivity contribution in [2.45, 2.75) is 44.2 Å². The quantitative estimate of drug-likeness (QED) is 0.714. The molecule has 1 heterocycles. The smallest absolute Gasteiger partial charge is 0.248 e. The number of aliphatic hydroxyl groups excluding tert-OH is 2. The van der Waals surface area contributed by atoms with Gasteiger partial charge in [0.05, 0.1) is 11.5 Å². The summed E-state index contributed by atoms with van der Waals surface area (Å²) in [5.74, 6) is -0.416. The molecule has 2 fully saturated rings. The van der Waals surface area contributed by atoms with Gasteiger partial charge in [-0.05, 0) is 49.8 Å². The van der Waals surface area contributed by atoms with Crippen LogP contribution >= 0.6 is 11.6 Å². The molecular weight excluding hydrogens is 356 g/mol. The number of carbonyl (C=O) groups is 2. The van der Waals surface area contributed by atoms with Crippen LogP contribution in [-0.4, -0.2) is 58.8 Å². The second kappa shape index (κ2) is 7.94. The Kier molecular flexibility index (Phi) is 5.85. The van der Waals surface area contributed by atoms with Gasteiger partial charge in [0.15, 0.2) is 0 Å². The van der Waals surface area contributed by atoms with Crippen LogP contribution in [0.15, 0.2) is 24.3 Å². The van der Waals surface area contributed by atoms with Gasteiger partial charge in [-0.3, -0.25) is 9.59 Å². The zero-order valence-corrected chi connectivity index (χ0v) is 15.4. The molecule has 1 aliphatic heterocycles. The number of halogens is 1. The van der Waals surface area contributed by atoms with Crippen LogP contribution in [0.5, 0.6) is 0 Å². The van der Waals surface area contributed by atoms with Gasteiger partial charge in [0, 0.05) is 24.2 Å². The SMILES string of the molecule is O=C(CO)N1CC(Cc2ccc(Cl)cc2)(C(=O)NC2CCC(O)CC2)C1. The Balaban J connectivity index is 1.70. The largest absolute Gasteiger partial charge is 0.393 e. The molecule has 1 aliphatic carbocycles. The van der Waals surface area contributed by atoms with E-state index in [4.69, 9.17) is 16.7 Å². The monoisotopic (exact) mass is 380 g/mol. The van der Waals surface area contributed by atoms with Crippen LogP contribution in [0.25, 0.3) is 0 Å². The maximum absolute atomic E-state index is 13.0. The molecule has 142 valence electrons. The standard InChI is InChI=1S/C19H25ClN2O4/c20-14-3-1-13(2-4-14)9-19(11-22(12-19)17(25)10-23)18(26)21-15-5-7-16(24)8-6-15/h1-4,15-16,23-24H,5-12H2,(H,21,26). The van der Waals surface area contributed by atoms with Crippen LogP contribution in [0.3, 0.4) is 0 Å². The molecular formula is C19H25ClN2O4. The highest BCUT2D eigenvalue weighted by Crippen LogP contribution is 2.35. The summed E-state index contributed by atoms with van der Waals surface area (Å²) in [6.07, 6.45) is 3.18. The first-order valence-electron chi connectivity index (χ1n) is 9.04. The van der Waals surface area contributed by atoms with E-state index in [1.54, 1.807) is 12.1 Å². The molecule has 2 aliphatic rings. The Bertz CT molecular complexity index is 650. The van der Waals surface area contributed by atoms with Crippen LogP contribution in [0.2, 0.25) is 5.02 Å². The molecule has 3 N–H and O–H groups in total. The number of likely N-dealkylation sites (tertiary alicyclic amines) is 1. The summed E-state index contributed by atoms with van der Waals surface area (Å²) in [4.78, 5) is 26.3. The number of amides is 2. The molecule has 1 saturated carbocycles. The Hall–Kier alpha value is -1.63. The van der Waals surface area contributed by atoms with Gasteiger partial charge < -0.3 is 20.4 Å². The summed E-state index contributed by atoms with van der Waals surface area (Å²) in [5, 5.41) is 22.4. The van der Waals surface area contributed by atoms with E-state index in [-0.39, 0.29) is 24.0 Å². The number of carbonyl (C=O) groups excluding carboxylic acids is 2. The van der Waals surface area contributed by atoms with Gasteiger partial charge >= 0.3 is 0 Å². The van der Waals surface area contributed by atoms with Crippen LogP contribution in [0.4, 0.5) is 0 Å². The van der Waals surface area contributed by atoms with Crippen LogP contribution in [0.1, 0.15) is 31.2 Å². The lowest BCUT2D eigenvalue weighted by atomic mass is 9.73. The first-order valence-corrected chi connectivity index (χ1v) is 9.42. The van der Waals surface area contributed by atoms with E-state index >= 15 is 0 Å². The molecule has 1 aromatic carbocycles. The van der Waals surface area contributed by atoms with Gasteiger partial charge in [-0.15, -0.1) is 0 Å². The summed E-state index contributed by atoms with van der Waals surface area (Å²) in [7, 11) is 0. The van der Waals surface area contributed by atoms with E-state index in [1.807, 2.05) is 12.1 Å². The molecule has 0 bridgehead atoms. The predicted molar refractivity (Wildman–Crippen MR) is 97.7 cm³/mol. The number of rotatable bonds is 5. The first-order chi connectivity index (χ1) is 12.4. The highest BCUT2D eigenvalue weighted by molar-refractivity contribution is 6.30. The fourth-order valence-electron chi connectivity index (χ4n) is 3.85. The van der Waals surface area contributed by atoms with Crippen molar-refractivity contribution in [3.63, 3.8) is 0 Å². The van der Waals surface area contributed by atoms with Gasteiger partial charge in [0.2, 0.25) is 11.8 Å². The van der Waals surface area contributed by atoms with Crippen molar-refractivity contribution in [1.82, 2.24) is 10.2 Å². The minimum Gasteiger partial charge on any atom is -0.393 e. The van der Waals surface area contributed by atoms with Crippen molar-refractivity contribution in [3.05, 3.63) is 34.9 Å². The molecule has 0 unspecified atom stereocenters. The highest BCUT2D eigenvalue weighted by Gasteiger charge is 2.51. The molecule has 6 nitrogen and oxygen atoms in total. The zero-order chi connectivity index (χ0) is 18.7. The molecule has 26 heavy (non-hydrogen) atoms. The highest BCUT2D eigenvalue weighted by atomic mass is 35.5. The fraction of sp³-hybridized carbons (Fsp3) is 0.579. The third kappa shape index (κ3) is 4.19. The van der Waals surface area contributed by atoms with E-state index < -0.39 is 12.0 Å². The third-order valence-corrected chi connectivity index (χ3v) is 5.70. The number of aliphatic hydroxyl groups is 2. The summed E-state index contributed by atoms with van der Waals surface area (Å²) in [6.45, 7) is 0.0611. The van der Waals surface area contributed by atoms with Gasteiger partial charge in [0.1, 0.15) is 6.61 Å². The molecule has 0 radical (unpaired) electrons. The normalized spacial score (nSPS) is 24.7. The van der Waals surface area contributed by atoms with E-state index in [0.717, 1.165) is 18.4 Å². The fourth-order valence-corrected chi connectivity index (χ4v) is 3.97. The Labute approximate surface area is 158 Å². The van der Waals surface area contributed by atoms with Gasteiger partial charge in [-0.25, -0.2) is 0 Å². The maximum atomic E-state index is 13.0. The topological polar surface area (TPSA) is 89.9 Å². The molecule has 1 saturated heterocycles. The second-order valence-corrected chi connectivity index (χ2v) is 7.91. The van der Waals surface area contributed by atoms with E-state index in [0.29, 0.717) is 37.4 Å². The van der Waals surface area contributed by atoms with Crippen LogP contribution < -0.4 is 5.32 Å². The number of hydrogen-bond acceptors (Lipinski definition) is 4. The number of nitrogens with zero attached hydrogens (tertiary/aromatic N) is 1. The molecule has 3 rings (SSSR count). The lowest BCUT2D eigenvalue weighted by Crippen LogP contribution is -2.66. The third-order valence-electron chi connectivity index (χ3n) is 5.44. The summed E-state index contributed by atoms with van der Waals surface area (Å²) in [6, 6.07) is 7.44. The lowest BCUT2D eigenvalue weighted by Gasteiger charge is -2.49. The maximum Gasteiger partial charge on any atom is 0.248 e. The summed E-state index contributed by atoms with van der Waals surface area (Å²) >= 11 is 5.94. The number of nitrogens with one attached hydrogen (secondary N) is 1. The Morgan fingerprint density at radius 1 is 1.15 bits per heavy atom. The van der Waals surface area contributed by atoms with Crippen molar-refractivity contribution >= 4 is 23.4 Å². The van der Waals surface area contributed by atoms with Crippen LogP contribution in [-0.2, 0) is 16.0 Å². The van der Waals surface area contributed by atoms with Gasteiger partial charge in [-0.2, -0.15) is 0 Å². The number of hydrogen-bond donors (Lipinski definition) is 3. The molecule has 1 aromatic rings. The summed E-state index contributed by atoms with van der Waals surface area (Å²) < 4.78 is 0. The molecule has 2 amide bonds. The van der Waals surface area contributed by atoms with Crippen molar-refractivity contribution in [1.29, 1.82) is 0 Å².